The number of nitrogens with two attached hydrogens (primary N) is 1. The average Bonchev–Trinajstić information content (AvgIpc) is 2.41. The standard InChI is InChI=1S/C16H15N3S/c1-10-8-11(2)19-15(9-10)20-14-6-5-13(17)16-12(14)4-3-7-18-16/h3-9H,17H2,1-2H3. The zero-order chi connectivity index (χ0) is 14.1. The molecule has 0 saturated heterocycles. The maximum atomic E-state index is 5.98. The highest BCUT2D eigenvalue weighted by atomic mass is 32.2. The van der Waals surface area contributed by atoms with Gasteiger partial charge in [-0.15, -0.1) is 0 Å². The molecule has 2 aromatic heterocycles. The zero-order valence-corrected chi connectivity index (χ0v) is 12.2. The molecule has 0 amide bonds. The van der Waals surface area contributed by atoms with Crippen LogP contribution < -0.4 is 5.73 Å². The lowest BCUT2D eigenvalue weighted by Gasteiger charge is -2.08. The van der Waals surface area contributed by atoms with Crippen molar-refractivity contribution in [3.05, 3.63) is 53.9 Å². The van der Waals surface area contributed by atoms with Gasteiger partial charge < -0.3 is 5.73 Å². The molecule has 2 heterocycles. The number of benzene rings is 1. The molecule has 0 aliphatic heterocycles. The van der Waals surface area contributed by atoms with Crippen molar-refractivity contribution < 1.29 is 0 Å². The Hall–Kier alpha value is -2.07. The van der Waals surface area contributed by atoms with E-state index in [2.05, 4.69) is 29.0 Å². The Bertz CT molecular complexity index is 764. The van der Waals surface area contributed by atoms with Crippen molar-refractivity contribution in [3.8, 4) is 0 Å². The molecule has 0 aliphatic carbocycles. The largest absolute Gasteiger partial charge is 0.397 e. The molecule has 4 heteroatoms. The molecule has 0 atom stereocenters. The topological polar surface area (TPSA) is 51.8 Å². The van der Waals surface area contributed by atoms with Gasteiger partial charge in [0.1, 0.15) is 5.03 Å². The van der Waals surface area contributed by atoms with E-state index < -0.39 is 0 Å². The van der Waals surface area contributed by atoms with Gasteiger partial charge in [0.05, 0.1) is 11.2 Å². The number of fused-ring (bicyclic) bond motifs is 1. The Balaban J connectivity index is 2.09. The summed E-state index contributed by atoms with van der Waals surface area (Å²) in [6.45, 7) is 4.10. The van der Waals surface area contributed by atoms with E-state index >= 15 is 0 Å². The van der Waals surface area contributed by atoms with Gasteiger partial charge in [0.2, 0.25) is 0 Å². The molecule has 0 unspecified atom stereocenters. The average molecular weight is 281 g/mol. The number of hydrogen-bond acceptors (Lipinski definition) is 4. The molecule has 3 rings (SSSR count). The molecule has 0 fully saturated rings. The summed E-state index contributed by atoms with van der Waals surface area (Å²) in [7, 11) is 0. The van der Waals surface area contributed by atoms with Crippen LogP contribution in [0.4, 0.5) is 5.69 Å². The lowest BCUT2D eigenvalue weighted by Crippen LogP contribution is -1.91. The van der Waals surface area contributed by atoms with E-state index in [1.54, 1.807) is 18.0 Å². The number of pyridine rings is 2. The molecule has 3 aromatic rings. The second-order valence-electron chi connectivity index (χ2n) is 4.78. The third-order valence-electron chi connectivity index (χ3n) is 3.05. The first-order valence-corrected chi connectivity index (χ1v) is 7.21. The van der Waals surface area contributed by atoms with Gasteiger partial charge in [-0.05, 0) is 49.7 Å². The molecular formula is C16H15N3S. The monoisotopic (exact) mass is 281 g/mol. The predicted molar refractivity (Wildman–Crippen MR) is 84.0 cm³/mol. The van der Waals surface area contributed by atoms with Crippen molar-refractivity contribution in [1.29, 1.82) is 0 Å². The SMILES string of the molecule is Cc1cc(C)nc(Sc2ccc(N)c3ncccc23)c1. The summed E-state index contributed by atoms with van der Waals surface area (Å²) in [5.41, 5.74) is 9.79. The number of nitrogens with zero attached hydrogens (tertiary/aromatic N) is 2. The van der Waals surface area contributed by atoms with Gasteiger partial charge in [-0.25, -0.2) is 4.98 Å². The van der Waals surface area contributed by atoms with Crippen LogP contribution in [-0.4, -0.2) is 9.97 Å². The van der Waals surface area contributed by atoms with Crippen LogP contribution in [0.5, 0.6) is 0 Å². The molecule has 0 saturated carbocycles. The van der Waals surface area contributed by atoms with E-state index in [4.69, 9.17) is 5.73 Å². The summed E-state index contributed by atoms with van der Waals surface area (Å²) in [5, 5.41) is 2.07. The molecule has 100 valence electrons. The summed E-state index contributed by atoms with van der Waals surface area (Å²) in [6, 6.07) is 12.1. The number of rotatable bonds is 2. The van der Waals surface area contributed by atoms with Crippen LogP contribution in [0.25, 0.3) is 10.9 Å². The number of nitrogen functional groups attached to an aromatic ring is 1. The smallest absolute Gasteiger partial charge is 0.101 e. The molecule has 0 aliphatic rings. The van der Waals surface area contributed by atoms with Gasteiger partial charge in [0, 0.05) is 22.2 Å². The Morgan fingerprint density at radius 3 is 2.75 bits per heavy atom. The highest BCUT2D eigenvalue weighted by Crippen LogP contribution is 2.34. The minimum atomic E-state index is 0.707. The fraction of sp³-hybridized carbons (Fsp3) is 0.125. The van der Waals surface area contributed by atoms with E-state index in [1.165, 1.54) is 5.56 Å². The van der Waals surface area contributed by atoms with Gasteiger partial charge >= 0.3 is 0 Å². The Morgan fingerprint density at radius 1 is 1.10 bits per heavy atom. The third kappa shape index (κ3) is 2.47. The normalized spacial score (nSPS) is 10.9. The summed E-state index contributed by atoms with van der Waals surface area (Å²) in [5.74, 6) is 0. The first-order valence-electron chi connectivity index (χ1n) is 6.40. The number of anilines is 1. The lowest BCUT2D eigenvalue weighted by atomic mass is 10.2. The molecule has 0 spiro atoms. The van der Waals surface area contributed by atoms with Gasteiger partial charge in [-0.1, -0.05) is 17.8 Å². The van der Waals surface area contributed by atoms with Crippen molar-refractivity contribution in [2.45, 2.75) is 23.8 Å². The Kier molecular flexibility index (Phi) is 3.32. The van der Waals surface area contributed by atoms with E-state index in [9.17, 15) is 0 Å². The summed E-state index contributed by atoms with van der Waals surface area (Å²) in [6.07, 6.45) is 1.77. The fourth-order valence-electron chi connectivity index (χ4n) is 2.23. The van der Waals surface area contributed by atoms with Gasteiger partial charge in [0.25, 0.3) is 0 Å². The minimum absolute atomic E-state index is 0.707. The summed E-state index contributed by atoms with van der Waals surface area (Å²) >= 11 is 1.65. The number of aryl methyl sites for hydroxylation is 2. The zero-order valence-electron chi connectivity index (χ0n) is 11.4. The fourth-order valence-corrected chi connectivity index (χ4v) is 3.30. The predicted octanol–water partition coefficient (Wildman–Crippen LogP) is 3.98. The van der Waals surface area contributed by atoms with Crippen LogP contribution in [0, 0.1) is 13.8 Å². The van der Waals surface area contributed by atoms with Gasteiger partial charge in [-0.3, -0.25) is 4.98 Å². The Morgan fingerprint density at radius 2 is 1.95 bits per heavy atom. The number of hydrogen-bond donors (Lipinski definition) is 1. The summed E-state index contributed by atoms with van der Waals surface area (Å²) in [4.78, 5) is 10.1. The highest BCUT2D eigenvalue weighted by molar-refractivity contribution is 7.99. The maximum absolute atomic E-state index is 5.98. The minimum Gasteiger partial charge on any atom is -0.397 e. The molecule has 2 N–H and O–H groups in total. The third-order valence-corrected chi connectivity index (χ3v) is 4.04. The van der Waals surface area contributed by atoms with Crippen LogP contribution in [-0.2, 0) is 0 Å². The maximum Gasteiger partial charge on any atom is 0.101 e. The van der Waals surface area contributed by atoms with Crippen LogP contribution in [0.2, 0.25) is 0 Å². The second kappa shape index (κ2) is 5.13. The van der Waals surface area contributed by atoms with Crippen LogP contribution in [0.1, 0.15) is 11.3 Å². The van der Waals surface area contributed by atoms with E-state index in [1.807, 2.05) is 31.2 Å². The van der Waals surface area contributed by atoms with Crippen molar-refractivity contribution >= 4 is 28.4 Å². The van der Waals surface area contributed by atoms with E-state index in [0.29, 0.717) is 5.69 Å². The van der Waals surface area contributed by atoms with E-state index in [0.717, 1.165) is 26.5 Å². The molecule has 3 nitrogen and oxygen atoms in total. The Labute approximate surface area is 122 Å². The van der Waals surface area contributed by atoms with Crippen molar-refractivity contribution in [1.82, 2.24) is 9.97 Å². The highest BCUT2D eigenvalue weighted by Gasteiger charge is 2.07. The van der Waals surface area contributed by atoms with Crippen molar-refractivity contribution in [2.24, 2.45) is 0 Å². The van der Waals surface area contributed by atoms with Crippen LogP contribution in [0.15, 0.2) is 52.5 Å². The molecule has 1 aromatic carbocycles. The van der Waals surface area contributed by atoms with Gasteiger partial charge in [-0.2, -0.15) is 0 Å². The van der Waals surface area contributed by atoms with E-state index in [-0.39, 0.29) is 0 Å². The van der Waals surface area contributed by atoms with Crippen LogP contribution >= 0.6 is 11.8 Å². The summed E-state index contributed by atoms with van der Waals surface area (Å²) < 4.78 is 0. The molecule has 0 bridgehead atoms. The lowest BCUT2D eigenvalue weighted by molar-refractivity contribution is 1.05. The van der Waals surface area contributed by atoms with Crippen molar-refractivity contribution in [3.63, 3.8) is 0 Å². The number of aromatic nitrogens is 2. The molecule has 0 radical (unpaired) electrons. The molecule has 20 heavy (non-hydrogen) atoms. The quantitative estimate of drug-likeness (QED) is 0.722. The van der Waals surface area contributed by atoms with Crippen LogP contribution in [0.3, 0.4) is 0 Å². The first kappa shape index (κ1) is 12.9. The first-order chi connectivity index (χ1) is 9.63. The second-order valence-corrected chi connectivity index (χ2v) is 5.84. The van der Waals surface area contributed by atoms with Crippen molar-refractivity contribution in [2.75, 3.05) is 5.73 Å². The molecular weight excluding hydrogens is 266 g/mol. The van der Waals surface area contributed by atoms with Gasteiger partial charge in [0.15, 0.2) is 0 Å².